The molecule has 1 atom stereocenters. The number of piperidine rings is 1. The van der Waals surface area contributed by atoms with Crippen molar-refractivity contribution in [1.29, 1.82) is 0 Å². The van der Waals surface area contributed by atoms with Crippen LogP contribution in [0.5, 0.6) is 0 Å². The zero-order valence-corrected chi connectivity index (χ0v) is 11.0. The van der Waals surface area contributed by atoms with E-state index in [4.69, 9.17) is 0 Å². The van der Waals surface area contributed by atoms with Crippen LogP contribution in [0.3, 0.4) is 0 Å². The van der Waals surface area contributed by atoms with Gasteiger partial charge in [-0.05, 0) is 38.9 Å². The van der Waals surface area contributed by atoms with Crippen molar-refractivity contribution in [2.24, 2.45) is 5.92 Å². The molecule has 1 aliphatic heterocycles. The first-order valence-corrected chi connectivity index (χ1v) is 6.57. The van der Waals surface area contributed by atoms with Crippen molar-refractivity contribution in [2.45, 2.75) is 32.7 Å². The summed E-state index contributed by atoms with van der Waals surface area (Å²) >= 11 is 0. The Bertz CT molecular complexity index is 153. The summed E-state index contributed by atoms with van der Waals surface area (Å²) in [5, 5.41) is 0. The van der Waals surface area contributed by atoms with E-state index in [-0.39, 0.29) is 0 Å². The third kappa shape index (κ3) is 3.84. The molecule has 1 fully saturated rings. The Hall–Kier alpha value is 0.350. The molecule has 0 radical (unpaired) electrons. The summed E-state index contributed by atoms with van der Waals surface area (Å²) < 4.78 is 0. The van der Waals surface area contributed by atoms with Gasteiger partial charge in [-0.25, -0.2) is 0 Å². The third-order valence-electron chi connectivity index (χ3n) is 3.09. The van der Waals surface area contributed by atoms with E-state index in [0.29, 0.717) is 0 Å². The van der Waals surface area contributed by atoms with Crippen molar-refractivity contribution in [3.05, 3.63) is 0 Å². The molecule has 14 heavy (non-hydrogen) atoms. The molecule has 1 aliphatic rings. The van der Waals surface area contributed by atoms with Gasteiger partial charge in [-0.1, -0.05) is 13.8 Å². The second-order valence-corrected chi connectivity index (χ2v) is 5.23. The number of rotatable bonds is 4. The molecule has 1 rings (SSSR count). The lowest BCUT2D eigenvalue weighted by atomic mass is 10.0. The maximum atomic E-state index is 2.82. The highest BCUT2D eigenvalue weighted by atomic mass is 31.0. The second kappa shape index (κ2) is 6.05. The van der Waals surface area contributed by atoms with Gasteiger partial charge < -0.3 is 4.90 Å². The number of hydrogen-bond acceptors (Lipinski definition) is 2. The van der Waals surface area contributed by atoms with Gasteiger partial charge in [0.25, 0.3) is 0 Å². The van der Waals surface area contributed by atoms with Crippen molar-refractivity contribution in [3.63, 3.8) is 0 Å². The van der Waals surface area contributed by atoms with Crippen LogP contribution in [-0.4, -0.2) is 48.8 Å². The monoisotopic (exact) mass is 216 g/mol. The minimum Gasteiger partial charge on any atom is -0.303 e. The first kappa shape index (κ1) is 12.4. The largest absolute Gasteiger partial charge is 0.303 e. The van der Waals surface area contributed by atoms with Crippen LogP contribution in [0.1, 0.15) is 26.7 Å². The van der Waals surface area contributed by atoms with Crippen LogP contribution in [0.2, 0.25) is 0 Å². The highest BCUT2D eigenvalue weighted by molar-refractivity contribution is 7.16. The van der Waals surface area contributed by atoms with Gasteiger partial charge in [-0.3, -0.25) is 4.90 Å². The summed E-state index contributed by atoms with van der Waals surface area (Å²) in [5.41, 5.74) is 0. The zero-order chi connectivity index (χ0) is 10.6. The van der Waals surface area contributed by atoms with E-state index >= 15 is 0 Å². The highest BCUT2D eigenvalue weighted by Crippen LogP contribution is 2.16. The molecular weight excluding hydrogens is 191 g/mol. The van der Waals surface area contributed by atoms with Gasteiger partial charge in [0.1, 0.15) is 0 Å². The van der Waals surface area contributed by atoms with E-state index in [1.165, 1.54) is 32.5 Å². The zero-order valence-electron chi connectivity index (χ0n) is 9.87. The van der Waals surface area contributed by atoms with E-state index in [1.807, 2.05) is 0 Å². The Morgan fingerprint density at radius 3 is 2.36 bits per heavy atom. The van der Waals surface area contributed by atoms with E-state index in [9.17, 15) is 0 Å². The lowest BCUT2D eigenvalue weighted by molar-refractivity contribution is 0.130. The minimum absolute atomic E-state index is 0.791. The average Bonchev–Trinajstić information content (AvgIpc) is 2.17. The van der Waals surface area contributed by atoms with Crippen LogP contribution in [0, 0.1) is 5.92 Å². The molecule has 1 saturated heterocycles. The summed E-state index contributed by atoms with van der Waals surface area (Å²) in [5.74, 6) is 0.791. The molecule has 2 nitrogen and oxygen atoms in total. The van der Waals surface area contributed by atoms with Gasteiger partial charge in [0.15, 0.2) is 0 Å². The molecule has 0 bridgehead atoms. The lowest BCUT2D eigenvalue weighted by Crippen LogP contribution is -2.43. The van der Waals surface area contributed by atoms with Crippen molar-refractivity contribution in [2.75, 3.05) is 33.0 Å². The molecule has 0 aliphatic carbocycles. The van der Waals surface area contributed by atoms with E-state index < -0.39 is 0 Å². The van der Waals surface area contributed by atoms with Gasteiger partial charge >= 0.3 is 0 Å². The summed E-state index contributed by atoms with van der Waals surface area (Å²) in [6.45, 7) is 8.39. The predicted octanol–water partition coefficient (Wildman–Crippen LogP) is 1.87. The van der Waals surface area contributed by atoms with Crippen LogP contribution in [-0.2, 0) is 0 Å². The number of hydrogen-bond donors (Lipinski definition) is 0. The fourth-order valence-electron chi connectivity index (χ4n) is 2.27. The summed E-state index contributed by atoms with van der Waals surface area (Å²) in [6, 6.07) is 0.824. The summed E-state index contributed by atoms with van der Waals surface area (Å²) in [4.78, 5) is 5.06. The first-order chi connectivity index (χ1) is 6.63. The van der Waals surface area contributed by atoms with Gasteiger partial charge in [-0.15, -0.1) is 9.24 Å². The molecule has 0 saturated carbocycles. The maximum Gasteiger partial charge on any atom is 0.0126 e. The molecule has 1 unspecified atom stereocenters. The Morgan fingerprint density at radius 2 is 1.93 bits per heavy atom. The Labute approximate surface area is 91.2 Å². The van der Waals surface area contributed by atoms with Gasteiger partial charge in [-0.2, -0.15) is 0 Å². The fraction of sp³-hybridized carbons (Fsp3) is 1.00. The molecule has 1 heterocycles. The van der Waals surface area contributed by atoms with Crippen LogP contribution < -0.4 is 0 Å². The molecule has 0 spiro atoms. The molecule has 0 aromatic carbocycles. The third-order valence-corrected chi connectivity index (χ3v) is 3.61. The van der Waals surface area contributed by atoms with Gasteiger partial charge in [0.05, 0.1) is 0 Å². The maximum absolute atomic E-state index is 2.82. The summed E-state index contributed by atoms with van der Waals surface area (Å²) in [7, 11) is 5.10. The Balaban J connectivity index is 2.26. The molecule has 0 amide bonds. The van der Waals surface area contributed by atoms with Crippen LogP contribution in [0.25, 0.3) is 0 Å². The van der Waals surface area contributed by atoms with Gasteiger partial charge in [0, 0.05) is 18.9 Å². The average molecular weight is 216 g/mol. The molecule has 84 valence electrons. The van der Waals surface area contributed by atoms with Crippen LogP contribution in [0.15, 0.2) is 0 Å². The minimum atomic E-state index is 0.791. The fourth-order valence-corrected chi connectivity index (χ4v) is 2.63. The second-order valence-electron chi connectivity index (χ2n) is 4.87. The molecule has 0 aromatic rings. The number of nitrogens with zero attached hydrogens (tertiary/aromatic N) is 2. The predicted molar refractivity (Wildman–Crippen MR) is 66.6 cm³/mol. The van der Waals surface area contributed by atoms with Crippen LogP contribution >= 0.6 is 9.24 Å². The van der Waals surface area contributed by atoms with Crippen molar-refractivity contribution >= 4 is 9.24 Å². The normalized spacial score (nSPS) is 21.0. The lowest BCUT2D eigenvalue weighted by Gasteiger charge is -2.36. The van der Waals surface area contributed by atoms with Crippen molar-refractivity contribution in [3.8, 4) is 0 Å². The molecule has 3 heteroatoms. The van der Waals surface area contributed by atoms with E-state index in [2.05, 4.69) is 39.9 Å². The summed E-state index contributed by atoms with van der Waals surface area (Å²) in [6.07, 6.45) is 3.83. The molecule has 0 N–H and O–H groups in total. The Morgan fingerprint density at radius 1 is 1.36 bits per heavy atom. The van der Waals surface area contributed by atoms with Gasteiger partial charge in [0.2, 0.25) is 0 Å². The number of likely N-dealkylation sites (tertiary alicyclic amines) is 1. The molecular formula is C11H25N2P. The first-order valence-electron chi connectivity index (χ1n) is 5.76. The van der Waals surface area contributed by atoms with E-state index in [0.717, 1.165) is 18.2 Å². The van der Waals surface area contributed by atoms with Crippen molar-refractivity contribution in [1.82, 2.24) is 9.80 Å². The standard InChI is InChI=1S/C11H25N2P/c1-10(2)8-12(3)11-4-6-13(9-14)7-5-11/h10-11H,4-9,14H2,1-3H3. The highest BCUT2D eigenvalue weighted by Gasteiger charge is 2.21. The van der Waals surface area contributed by atoms with E-state index in [1.54, 1.807) is 0 Å². The van der Waals surface area contributed by atoms with Crippen LogP contribution in [0.4, 0.5) is 0 Å². The molecule has 0 aromatic heterocycles. The van der Waals surface area contributed by atoms with Crippen molar-refractivity contribution < 1.29 is 0 Å². The smallest absolute Gasteiger partial charge is 0.0126 e. The SMILES string of the molecule is CC(C)CN(C)C1CCN(CP)CC1. The Kier molecular flexibility index (Phi) is 5.36. The topological polar surface area (TPSA) is 6.48 Å². The quantitative estimate of drug-likeness (QED) is 0.662.